The molecule has 1 N–H and O–H groups in total. The molecule has 2 saturated heterocycles. The molecule has 0 radical (unpaired) electrons. The van der Waals surface area contributed by atoms with Crippen molar-refractivity contribution in [1.82, 2.24) is 14.9 Å². The first-order chi connectivity index (χ1) is 18.3. The minimum atomic E-state index is -1.11. The Bertz CT molecular complexity index is 1740. The molecule has 4 atom stereocenters. The number of aromatic nitrogens is 2. The van der Waals surface area contributed by atoms with Crippen molar-refractivity contribution >= 4 is 28.4 Å². The van der Waals surface area contributed by atoms with Crippen molar-refractivity contribution in [2.24, 2.45) is 17.8 Å². The summed E-state index contributed by atoms with van der Waals surface area (Å²) in [5.41, 5.74) is 3.21. The maximum atomic E-state index is 14.5. The van der Waals surface area contributed by atoms with Crippen molar-refractivity contribution in [3.05, 3.63) is 99.6 Å². The van der Waals surface area contributed by atoms with Crippen LogP contribution in [0.3, 0.4) is 0 Å². The molecule has 4 aromatic rings. The number of rotatable bonds is 2. The summed E-state index contributed by atoms with van der Waals surface area (Å²) in [4.78, 5) is 49.1. The fraction of sp³-hybridized carbons (Fsp3) is 0.290. The van der Waals surface area contributed by atoms with Gasteiger partial charge in [0.2, 0.25) is 11.8 Å². The van der Waals surface area contributed by atoms with Crippen molar-refractivity contribution in [3.8, 4) is 5.69 Å². The SMILES string of the molecule is Cc1cccc(C)c1N1C(=O)[C@H]2[C@H](C(C)C)N[C@]3(c4ccccc4-n4c3nc3ccccc3c4=O)[C@H]2C1=O. The van der Waals surface area contributed by atoms with Gasteiger partial charge in [-0.05, 0) is 49.1 Å². The molecule has 0 bridgehead atoms. The maximum Gasteiger partial charge on any atom is 0.266 e. The van der Waals surface area contributed by atoms with E-state index in [2.05, 4.69) is 19.2 Å². The maximum absolute atomic E-state index is 14.5. The molecule has 7 nitrogen and oxygen atoms in total. The van der Waals surface area contributed by atoms with Crippen LogP contribution < -0.4 is 15.8 Å². The molecular formula is C31H28N4O3. The smallest absolute Gasteiger partial charge is 0.266 e. The Balaban J connectivity index is 1.55. The van der Waals surface area contributed by atoms with E-state index in [1.54, 1.807) is 10.6 Å². The zero-order chi connectivity index (χ0) is 26.5. The van der Waals surface area contributed by atoms with Gasteiger partial charge in [0.1, 0.15) is 11.4 Å². The monoisotopic (exact) mass is 504 g/mol. The third-order valence-electron chi connectivity index (χ3n) is 8.68. The highest BCUT2D eigenvalue weighted by molar-refractivity contribution is 6.24. The van der Waals surface area contributed by atoms with E-state index in [1.165, 1.54) is 4.90 Å². The van der Waals surface area contributed by atoms with Crippen molar-refractivity contribution in [2.45, 2.75) is 39.3 Å². The molecular weight excluding hydrogens is 476 g/mol. The predicted octanol–water partition coefficient (Wildman–Crippen LogP) is 3.99. The minimum Gasteiger partial charge on any atom is -0.296 e. The summed E-state index contributed by atoms with van der Waals surface area (Å²) >= 11 is 0. The van der Waals surface area contributed by atoms with Crippen molar-refractivity contribution in [3.63, 3.8) is 0 Å². The zero-order valence-corrected chi connectivity index (χ0v) is 21.7. The highest BCUT2D eigenvalue weighted by atomic mass is 16.2. The molecule has 2 amide bonds. The number of carbonyl (C=O) groups is 2. The number of hydrogen-bond acceptors (Lipinski definition) is 5. The minimum absolute atomic E-state index is 0.0601. The van der Waals surface area contributed by atoms with Crippen LogP contribution in [0.2, 0.25) is 0 Å². The van der Waals surface area contributed by atoms with Crippen LogP contribution in [0.5, 0.6) is 0 Å². The lowest BCUT2D eigenvalue weighted by Crippen LogP contribution is -2.51. The van der Waals surface area contributed by atoms with Gasteiger partial charge < -0.3 is 0 Å². The van der Waals surface area contributed by atoms with E-state index in [0.29, 0.717) is 28.1 Å². The van der Waals surface area contributed by atoms with Gasteiger partial charge in [0.25, 0.3) is 5.56 Å². The van der Waals surface area contributed by atoms with Gasteiger partial charge in [-0.15, -0.1) is 0 Å². The number of nitrogens with zero attached hydrogens (tertiary/aromatic N) is 3. The van der Waals surface area contributed by atoms with Gasteiger partial charge in [0.15, 0.2) is 0 Å². The number of hydrogen-bond donors (Lipinski definition) is 1. The second kappa shape index (κ2) is 7.71. The van der Waals surface area contributed by atoms with Crippen LogP contribution in [0.4, 0.5) is 5.69 Å². The summed E-state index contributed by atoms with van der Waals surface area (Å²) < 4.78 is 1.64. The van der Waals surface area contributed by atoms with E-state index >= 15 is 0 Å². The van der Waals surface area contributed by atoms with Gasteiger partial charge in [-0.25, -0.2) is 9.88 Å². The number of para-hydroxylation sites is 3. The molecule has 1 spiro atoms. The first-order valence-corrected chi connectivity index (χ1v) is 13.1. The van der Waals surface area contributed by atoms with Gasteiger partial charge in [-0.3, -0.25) is 24.3 Å². The number of amides is 2. The van der Waals surface area contributed by atoms with Crippen LogP contribution in [0.15, 0.2) is 71.5 Å². The van der Waals surface area contributed by atoms with Crippen molar-refractivity contribution < 1.29 is 9.59 Å². The summed E-state index contributed by atoms with van der Waals surface area (Å²) in [7, 11) is 0. The summed E-state index contributed by atoms with van der Waals surface area (Å²) in [6, 6.07) is 20.5. The van der Waals surface area contributed by atoms with Crippen molar-refractivity contribution in [1.29, 1.82) is 0 Å². The Morgan fingerprint density at radius 1 is 0.868 bits per heavy atom. The Kier molecular flexibility index (Phi) is 4.68. The fourth-order valence-corrected chi connectivity index (χ4v) is 7.10. The quantitative estimate of drug-likeness (QED) is 0.418. The van der Waals surface area contributed by atoms with Crippen LogP contribution in [0, 0.1) is 31.6 Å². The molecule has 3 aromatic carbocycles. The standard InChI is InChI=1S/C31H28N4O3/c1-16(2)25-23-24(29(38)35(28(23)37)26-17(3)10-9-11-18(26)4)31(33-25)20-13-6-8-15-22(20)34-27(36)19-12-5-7-14-21(19)32-30(31)34/h5-16,23-25,33H,1-4H3/t23-,24-,25+,31-/m1/s1. The molecule has 1 aromatic heterocycles. The number of anilines is 1. The summed E-state index contributed by atoms with van der Waals surface area (Å²) in [6.45, 7) is 7.99. The van der Waals surface area contributed by atoms with E-state index in [4.69, 9.17) is 4.98 Å². The van der Waals surface area contributed by atoms with E-state index < -0.39 is 17.4 Å². The molecule has 0 saturated carbocycles. The Morgan fingerprint density at radius 2 is 1.55 bits per heavy atom. The molecule has 190 valence electrons. The summed E-state index contributed by atoms with van der Waals surface area (Å²) in [5.74, 6) is -1.25. The highest BCUT2D eigenvalue weighted by Crippen LogP contribution is 2.56. The highest BCUT2D eigenvalue weighted by Gasteiger charge is 2.70. The lowest BCUT2D eigenvalue weighted by molar-refractivity contribution is -0.123. The Morgan fingerprint density at radius 3 is 2.29 bits per heavy atom. The van der Waals surface area contributed by atoms with Crippen LogP contribution >= 0.6 is 0 Å². The second-order valence-corrected chi connectivity index (χ2v) is 11.1. The predicted molar refractivity (Wildman–Crippen MR) is 145 cm³/mol. The van der Waals surface area contributed by atoms with Crippen LogP contribution in [0.25, 0.3) is 16.6 Å². The molecule has 0 unspecified atom stereocenters. The number of benzene rings is 3. The molecule has 2 fully saturated rings. The average molecular weight is 505 g/mol. The Hall–Kier alpha value is -4.10. The van der Waals surface area contributed by atoms with Gasteiger partial charge in [0, 0.05) is 11.6 Å². The third-order valence-corrected chi connectivity index (χ3v) is 8.68. The molecule has 4 heterocycles. The van der Waals surface area contributed by atoms with Crippen LogP contribution in [-0.4, -0.2) is 27.4 Å². The molecule has 7 rings (SSSR count). The molecule has 0 aliphatic carbocycles. The second-order valence-electron chi connectivity index (χ2n) is 11.1. The number of imide groups is 1. The fourth-order valence-electron chi connectivity index (χ4n) is 7.10. The normalized spacial score (nSPS) is 25.5. The first-order valence-electron chi connectivity index (χ1n) is 13.1. The number of nitrogens with one attached hydrogen (secondary N) is 1. The lowest BCUT2D eigenvalue weighted by atomic mass is 9.75. The van der Waals surface area contributed by atoms with E-state index in [1.807, 2.05) is 74.5 Å². The topological polar surface area (TPSA) is 84.3 Å². The zero-order valence-electron chi connectivity index (χ0n) is 21.7. The molecule has 7 heteroatoms. The average Bonchev–Trinajstić information content (AvgIpc) is 3.49. The van der Waals surface area contributed by atoms with E-state index in [9.17, 15) is 14.4 Å². The number of fused-ring (bicyclic) bond motifs is 8. The van der Waals surface area contributed by atoms with Crippen molar-refractivity contribution in [2.75, 3.05) is 4.90 Å². The summed E-state index contributed by atoms with van der Waals surface area (Å²) in [6.07, 6.45) is 0. The van der Waals surface area contributed by atoms with Crippen LogP contribution in [-0.2, 0) is 15.1 Å². The molecule has 3 aliphatic heterocycles. The lowest BCUT2D eigenvalue weighted by Gasteiger charge is -2.32. The van der Waals surface area contributed by atoms with Crippen LogP contribution in [0.1, 0.15) is 36.4 Å². The summed E-state index contributed by atoms with van der Waals surface area (Å²) in [5, 5.41) is 4.26. The largest absolute Gasteiger partial charge is 0.296 e. The molecule has 38 heavy (non-hydrogen) atoms. The number of carbonyl (C=O) groups excluding carboxylic acids is 2. The van der Waals surface area contributed by atoms with Gasteiger partial charge in [-0.1, -0.05) is 62.4 Å². The van der Waals surface area contributed by atoms with Gasteiger partial charge >= 0.3 is 0 Å². The number of aryl methyl sites for hydroxylation is 2. The first kappa shape index (κ1) is 23.0. The van der Waals surface area contributed by atoms with Gasteiger partial charge in [0.05, 0.1) is 34.1 Å². The Labute approximate surface area is 220 Å². The van der Waals surface area contributed by atoms with E-state index in [-0.39, 0.29) is 29.3 Å². The molecule has 3 aliphatic rings. The third kappa shape index (κ3) is 2.67. The van der Waals surface area contributed by atoms with Gasteiger partial charge in [-0.2, -0.15) is 0 Å². The van der Waals surface area contributed by atoms with E-state index in [0.717, 1.165) is 16.7 Å².